The first kappa shape index (κ1) is 12.3. The lowest BCUT2D eigenvalue weighted by atomic mass is 9.88. The number of ether oxygens (including phenoxy) is 1. The fraction of sp³-hybridized carbons (Fsp3) is 0.769. The van der Waals surface area contributed by atoms with Gasteiger partial charge in [-0.05, 0) is 52.5 Å². The van der Waals surface area contributed by atoms with Gasteiger partial charge in [-0.3, -0.25) is 4.79 Å². The van der Waals surface area contributed by atoms with E-state index in [2.05, 4.69) is 6.08 Å². The lowest BCUT2D eigenvalue weighted by Gasteiger charge is -2.32. The van der Waals surface area contributed by atoms with E-state index in [1.807, 2.05) is 33.8 Å². The van der Waals surface area contributed by atoms with Crippen LogP contribution < -0.4 is 0 Å². The van der Waals surface area contributed by atoms with Crippen LogP contribution >= 0.6 is 0 Å². The van der Waals surface area contributed by atoms with E-state index in [9.17, 15) is 4.79 Å². The van der Waals surface area contributed by atoms with Crippen LogP contribution in [-0.2, 0) is 9.53 Å². The molecular weight excluding hydrogens is 188 g/mol. The molecule has 0 bridgehead atoms. The van der Waals surface area contributed by atoms with Gasteiger partial charge in [-0.1, -0.05) is 13.0 Å². The van der Waals surface area contributed by atoms with Crippen LogP contribution in [0.25, 0.3) is 0 Å². The summed E-state index contributed by atoms with van der Waals surface area (Å²) in [5.74, 6) is -0.0842. The van der Waals surface area contributed by atoms with Gasteiger partial charge in [-0.2, -0.15) is 0 Å². The van der Waals surface area contributed by atoms with Crippen molar-refractivity contribution in [3.05, 3.63) is 12.2 Å². The van der Waals surface area contributed by atoms with Crippen LogP contribution in [0.5, 0.6) is 0 Å². The molecule has 0 spiro atoms. The van der Waals surface area contributed by atoms with Gasteiger partial charge in [0, 0.05) is 0 Å². The van der Waals surface area contributed by atoms with Gasteiger partial charge in [-0.25, -0.2) is 0 Å². The fourth-order valence-electron chi connectivity index (χ4n) is 1.57. The minimum absolute atomic E-state index is 0.0842. The van der Waals surface area contributed by atoms with Gasteiger partial charge in [0.05, 0.1) is 5.41 Å². The molecule has 0 radical (unpaired) electrons. The van der Waals surface area contributed by atoms with Crippen LogP contribution in [0.3, 0.4) is 0 Å². The lowest BCUT2D eigenvalue weighted by molar-refractivity contribution is -0.165. The first-order valence-corrected chi connectivity index (χ1v) is 5.81. The first-order chi connectivity index (χ1) is 6.90. The predicted octanol–water partition coefficient (Wildman–Crippen LogP) is 3.46. The number of allylic oxidation sites excluding steroid dienone is 1. The quantitative estimate of drug-likeness (QED) is 0.526. The second kappa shape index (κ2) is 4.38. The highest BCUT2D eigenvalue weighted by Gasteiger charge is 2.34. The van der Waals surface area contributed by atoms with E-state index in [0.29, 0.717) is 0 Å². The number of carbonyl (C=O) groups is 1. The third-order valence-electron chi connectivity index (χ3n) is 3.28. The summed E-state index contributed by atoms with van der Waals surface area (Å²) in [6, 6.07) is 0. The topological polar surface area (TPSA) is 26.3 Å². The van der Waals surface area contributed by atoms with Gasteiger partial charge in [0.1, 0.15) is 5.60 Å². The standard InChI is InChI=1S/C13H22O2/c1-5-12(2,3)11(14)15-13(4)9-7-6-8-10-13/h7,9H,5-6,8,10H2,1-4H3. The van der Waals surface area contributed by atoms with E-state index in [4.69, 9.17) is 4.74 Å². The first-order valence-electron chi connectivity index (χ1n) is 5.81. The molecule has 0 fully saturated rings. The number of hydrogen-bond acceptors (Lipinski definition) is 2. The molecule has 0 aliphatic heterocycles. The van der Waals surface area contributed by atoms with E-state index in [1.54, 1.807) is 0 Å². The highest BCUT2D eigenvalue weighted by atomic mass is 16.6. The van der Waals surface area contributed by atoms with Gasteiger partial charge >= 0.3 is 5.97 Å². The second-order valence-corrected chi connectivity index (χ2v) is 5.23. The zero-order chi connectivity index (χ0) is 11.5. The highest BCUT2D eigenvalue weighted by Crippen LogP contribution is 2.30. The van der Waals surface area contributed by atoms with Crippen molar-refractivity contribution < 1.29 is 9.53 Å². The van der Waals surface area contributed by atoms with Crippen LogP contribution in [0, 0.1) is 5.41 Å². The summed E-state index contributed by atoms with van der Waals surface area (Å²) >= 11 is 0. The van der Waals surface area contributed by atoms with Crippen molar-refractivity contribution in [3.8, 4) is 0 Å². The van der Waals surface area contributed by atoms with Crippen LogP contribution in [0.1, 0.15) is 53.4 Å². The number of rotatable bonds is 3. The average molecular weight is 210 g/mol. The monoisotopic (exact) mass is 210 g/mol. The summed E-state index contributed by atoms with van der Waals surface area (Å²) in [7, 11) is 0. The summed E-state index contributed by atoms with van der Waals surface area (Å²) in [5.41, 5.74) is -0.740. The van der Waals surface area contributed by atoms with E-state index < -0.39 is 0 Å². The van der Waals surface area contributed by atoms with Crippen molar-refractivity contribution in [2.24, 2.45) is 5.41 Å². The molecule has 0 saturated heterocycles. The zero-order valence-corrected chi connectivity index (χ0v) is 10.3. The zero-order valence-electron chi connectivity index (χ0n) is 10.3. The maximum atomic E-state index is 11.9. The van der Waals surface area contributed by atoms with Crippen LogP contribution in [0.15, 0.2) is 12.2 Å². The van der Waals surface area contributed by atoms with Crippen molar-refractivity contribution in [3.63, 3.8) is 0 Å². The highest BCUT2D eigenvalue weighted by molar-refractivity contribution is 5.76. The van der Waals surface area contributed by atoms with E-state index >= 15 is 0 Å². The molecule has 0 N–H and O–H groups in total. The minimum Gasteiger partial charge on any atom is -0.455 e. The van der Waals surface area contributed by atoms with Crippen molar-refractivity contribution >= 4 is 5.97 Å². The normalized spacial score (nSPS) is 26.4. The molecule has 2 heteroatoms. The van der Waals surface area contributed by atoms with E-state index in [1.165, 1.54) is 0 Å². The third-order valence-corrected chi connectivity index (χ3v) is 3.28. The van der Waals surface area contributed by atoms with Gasteiger partial charge in [0.15, 0.2) is 0 Å². The summed E-state index contributed by atoms with van der Waals surface area (Å²) in [6.07, 6.45) is 8.09. The van der Waals surface area contributed by atoms with Crippen molar-refractivity contribution in [2.45, 2.75) is 59.0 Å². The Kier molecular flexibility index (Phi) is 3.58. The molecular formula is C13H22O2. The molecule has 1 rings (SSSR count). The molecule has 0 saturated carbocycles. The maximum absolute atomic E-state index is 11.9. The summed E-state index contributed by atoms with van der Waals surface area (Å²) in [5, 5.41) is 0. The van der Waals surface area contributed by atoms with Gasteiger partial charge in [0.25, 0.3) is 0 Å². The molecule has 1 aliphatic rings. The summed E-state index contributed by atoms with van der Waals surface area (Å²) < 4.78 is 5.61. The Morgan fingerprint density at radius 1 is 1.53 bits per heavy atom. The van der Waals surface area contributed by atoms with Crippen LogP contribution in [0.4, 0.5) is 0 Å². The van der Waals surface area contributed by atoms with Crippen molar-refractivity contribution in [1.29, 1.82) is 0 Å². The Bertz CT molecular complexity index is 266. The Balaban J connectivity index is 2.65. The predicted molar refractivity (Wildman–Crippen MR) is 61.6 cm³/mol. The molecule has 0 heterocycles. The van der Waals surface area contributed by atoms with Crippen molar-refractivity contribution in [1.82, 2.24) is 0 Å². The Labute approximate surface area is 92.7 Å². The smallest absolute Gasteiger partial charge is 0.312 e. The minimum atomic E-state index is -0.373. The SMILES string of the molecule is CCC(C)(C)C(=O)OC1(C)C=CCCC1. The second-order valence-electron chi connectivity index (χ2n) is 5.23. The Hall–Kier alpha value is -0.790. The van der Waals surface area contributed by atoms with Gasteiger partial charge in [-0.15, -0.1) is 0 Å². The van der Waals surface area contributed by atoms with Gasteiger partial charge in [0.2, 0.25) is 0 Å². The molecule has 1 aliphatic carbocycles. The Morgan fingerprint density at radius 3 is 2.67 bits per heavy atom. The molecule has 15 heavy (non-hydrogen) atoms. The molecule has 0 aromatic heterocycles. The molecule has 1 atom stereocenters. The molecule has 0 aromatic rings. The number of carbonyl (C=O) groups excluding carboxylic acids is 1. The van der Waals surface area contributed by atoms with E-state index in [0.717, 1.165) is 25.7 Å². The fourth-order valence-corrected chi connectivity index (χ4v) is 1.57. The molecule has 0 amide bonds. The lowest BCUT2D eigenvalue weighted by Crippen LogP contribution is -2.37. The molecule has 1 unspecified atom stereocenters. The summed E-state index contributed by atoms with van der Waals surface area (Å²) in [6.45, 7) is 7.88. The molecule has 2 nitrogen and oxygen atoms in total. The van der Waals surface area contributed by atoms with Gasteiger partial charge < -0.3 is 4.74 Å². The molecule has 86 valence electrons. The van der Waals surface area contributed by atoms with Crippen LogP contribution in [0.2, 0.25) is 0 Å². The molecule has 0 aromatic carbocycles. The largest absolute Gasteiger partial charge is 0.455 e. The number of esters is 1. The third kappa shape index (κ3) is 3.08. The van der Waals surface area contributed by atoms with Crippen LogP contribution in [-0.4, -0.2) is 11.6 Å². The van der Waals surface area contributed by atoms with E-state index in [-0.39, 0.29) is 17.0 Å². The Morgan fingerprint density at radius 2 is 2.20 bits per heavy atom. The number of hydrogen-bond donors (Lipinski definition) is 0. The summed E-state index contributed by atoms with van der Waals surface area (Å²) in [4.78, 5) is 11.9. The average Bonchev–Trinajstić information content (AvgIpc) is 2.18. The maximum Gasteiger partial charge on any atom is 0.312 e. The van der Waals surface area contributed by atoms with Crippen molar-refractivity contribution in [2.75, 3.05) is 0 Å².